The van der Waals surface area contributed by atoms with Gasteiger partial charge in [0.25, 0.3) is 0 Å². The molecule has 1 heterocycles. The highest BCUT2D eigenvalue weighted by atomic mass is 32.1. The molecule has 0 saturated heterocycles. The molecule has 94 valence electrons. The van der Waals surface area contributed by atoms with Crippen molar-refractivity contribution in [3.05, 3.63) is 45.6 Å². The van der Waals surface area contributed by atoms with E-state index < -0.39 is 0 Å². The molecule has 0 saturated carbocycles. The van der Waals surface area contributed by atoms with Gasteiger partial charge in [0, 0.05) is 0 Å². The first-order valence-electron chi connectivity index (χ1n) is 5.48. The summed E-state index contributed by atoms with van der Waals surface area (Å²) >= 11 is 1.37. The lowest BCUT2D eigenvalue weighted by atomic mass is 10.1. The zero-order valence-corrected chi connectivity index (χ0v) is 11.3. The molecule has 0 atom stereocenters. The lowest BCUT2D eigenvalue weighted by molar-refractivity contribution is 0.103. The summed E-state index contributed by atoms with van der Waals surface area (Å²) in [6, 6.07) is 7.35. The molecule has 2 aromatic rings. The van der Waals surface area contributed by atoms with Gasteiger partial charge in [-0.1, -0.05) is 11.6 Å². The highest BCUT2D eigenvalue weighted by molar-refractivity contribution is 7.12. The second-order valence-corrected chi connectivity index (χ2v) is 4.77. The second-order valence-electron chi connectivity index (χ2n) is 3.85. The number of thiophene rings is 1. The van der Waals surface area contributed by atoms with E-state index in [-0.39, 0.29) is 5.78 Å². The van der Waals surface area contributed by atoms with Crippen molar-refractivity contribution in [2.24, 2.45) is 0 Å². The summed E-state index contributed by atoms with van der Waals surface area (Å²) in [5.74, 6) is 1.12. The smallest absolute Gasteiger partial charge is 0.210 e. The quantitative estimate of drug-likeness (QED) is 0.793. The van der Waals surface area contributed by atoms with Crippen LogP contribution >= 0.6 is 11.3 Å². The molecule has 0 aliphatic rings. The molecule has 18 heavy (non-hydrogen) atoms. The van der Waals surface area contributed by atoms with Gasteiger partial charge in [-0.05, 0) is 30.5 Å². The first kappa shape index (κ1) is 12.6. The van der Waals surface area contributed by atoms with E-state index in [2.05, 4.69) is 0 Å². The number of hydrogen-bond donors (Lipinski definition) is 0. The third-order valence-corrected chi connectivity index (χ3v) is 3.55. The molecule has 0 aliphatic heterocycles. The monoisotopic (exact) mass is 262 g/mol. The average molecular weight is 262 g/mol. The predicted molar refractivity (Wildman–Crippen MR) is 72.0 cm³/mol. The molecule has 1 aromatic heterocycles. The van der Waals surface area contributed by atoms with E-state index in [1.165, 1.54) is 11.3 Å². The number of rotatable bonds is 4. The Hall–Kier alpha value is -1.81. The van der Waals surface area contributed by atoms with E-state index in [0.717, 1.165) is 5.56 Å². The van der Waals surface area contributed by atoms with Crippen molar-refractivity contribution in [1.29, 1.82) is 0 Å². The highest BCUT2D eigenvalue weighted by Crippen LogP contribution is 2.30. The number of ketones is 1. The second kappa shape index (κ2) is 5.23. The summed E-state index contributed by atoms with van der Waals surface area (Å²) in [7, 11) is 3.12. The zero-order chi connectivity index (χ0) is 13.1. The lowest BCUT2D eigenvalue weighted by Crippen LogP contribution is -2.04. The minimum Gasteiger partial charge on any atom is -0.496 e. The molecule has 1 aromatic carbocycles. The Morgan fingerprint density at radius 2 is 1.83 bits per heavy atom. The molecule has 3 nitrogen and oxygen atoms in total. The van der Waals surface area contributed by atoms with Crippen LogP contribution in [0.3, 0.4) is 0 Å². The van der Waals surface area contributed by atoms with Gasteiger partial charge in [0.05, 0.1) is 19.8 Å². The van der Waals surface area contributed by atoms with Crippen molar-refractivity contribution >= 4 is 17.1 Å². The summed E-state index contributed by atoms with van der Waals surface area (Å²) in [4.78, 5) is 13.1. The van der Waals surface area contributed by atoms with Gasteiger partial charge in [0.2, 0.25) is 5.78 Å². The molecule has 0 fully saturated rings. The Balaban J connectivity index is 2.48. The van der Waals surface area contributed by atoms with E-state index >= 15 is 0 Å². The Morgan fingerprint density at radius 3 is 2.50 bits per heavy atom. The van der Waals surface area contributed by atoms with Crippen LogP contribution in [0.2, 0.25) is 0 Å². The van der Waals surface area contributed by atoms with E-state index in [0.29, 0.717) is 21.9 Å². The van der Waals surface area contributed by atoms with Crippen LogP contribution in [-0.4, -0.2) is 20.0 Å². The summed E-state index contributed by atoms with van der Waals surface area (Å²) in [6.07, 6.45) is 0. The fourth-order valence-corrected chi connectivity index (χ4v) is 2.56. The van der Waals surface area contributed by atoms with Crippen LogP contribution < -0.4 is 9.47 Å². The molecule has 0 spiro atoms. The lowest BCUT2D eigenvalue weighted by Gasteiger charge is -2.08. The highest BCUT2D eigenvalue weighted by Gasteiger charge is 2.19. The summed E-state index contributed by atoms with van der Waals surface area (Å²) in [5, 5.41) is 1.84. The van der Waals surface area contributed by atoms with Crippen LogP contribution in [0.25, 0.3) is 0 Å². The van der Waals surface area contributed by atoms with Crippen LogP contribution in [0.5, 0.6) is 11.5 Å². The topological polar surface area (TPSA) is 35.5 Å². The number of hydrogen-bond acceptors (Lipinski definition) is 4. The van der Waals surface area contributed by atoms with Crippen LogP contribution in [0.15, 0.2) is 29.6 Å². The number of ether oxygens (including phenoxy) is 2. The third kappa shape index (κ3) is 2.24. The predicted octanol–water partition coefficient (Wildman–Crippen LogP) is 3.30. The summed E-state index contributed by atoms with van der Waals surface area (Å²) in [6.45, 7) is 1.95. The standard InChI is InChI=1S/C14H14O3S/c1-9-4-5-11(16-2)10(8-9)13(15)14-12(17-3)6-7-18-14/h4-8H,1-3H3. The van der Waals surface area contributed by atoms with E-state index in [1.54, 1.807) is 20.3 Å². The van der Waals surface area contributed by atoms with Gasteiger partial charge < -0.3 is 9.47 Å². The Labute approximate surface area is 110 Å². The van der Waals surface area contributed by atoms with Gasteiger partial charge in [0.1, 0.15) is 16.4 Å². The fraction of sp³-hybridized carbons (Fsp3) is 0.214. The van der Waals surface area contributed by atoms with Crippen LogP contribution in [0.1, 0.15) is 20.8 Å². The van der Waals surface area contributed by atoms with Crippen molar-refractivity contribution in [2.45, 2.75) is 6.92 Å². The molecule has 0 unspecified atom stereocenters. The molecule has 4 heteroatoms. The van der Waals surface area contributed by atoms with Crippen molar-refractivity contribution < 1.29 is 14.3 Å². The Morgan fingerprint density at radius 1 is 1.11 bits per heavy atom. The van der Waals surface area contributed by atoms with E-state index in [4.69, 9.17) is 9.47 Å². The van der Waals surface area contributed by atoms with Gasteiger partial charge in [0.15, 0.2) is 0 Å². The Bertz CT molecular complexity index is 572. The van der Waals surface area contributed by atoms with Crippen LogP contribution in [0.4, 0.5) is 0 Å². The van der Waals surface area contributed by atoms with Crippen molar-refractivity contribution in [1.82, 2.24) is 0 Å². The fourth-order valence-electron chi connectivity index (χ4n) is 1.75. The largest absolute Gasteiger partial charge is 0.496 e. The number of carbonyl (C=O) groups excluding carboxylic acids is 1. The first-order chi connectivity index (χ1) is 8.67. The van der Waals surface area contributed by atoms with Gasteiger partial charge in [-0.3, -0.25) is 4.79 Å². The van der Waals surface area contributed by atoms with Crippen LogP contribution in [0, 0.1) is 6.92 Å². The maximum Gasteiger partial charge on any atom is 0.210 e. The maximum absolute atomic E-state index is 12.5. The van der Waals surface area contributed by atoms with Crippen molar-refractivity contribution in [2.75, 3.05) is 14.2 Å². The normalized spacial score (nSPS) is 10.2. The van der Waals surface area contributed by atoms with Crippen LogP contribution in [-0.2, 0) is 0 Å². The maximum atomic E-state index is 12.5. The van der Waals surface area contributed by atoms with Crippen molar-refractivity contribution in [3.8, 4) is 11.5 Å². The molecule has 0 aliphatic carbocycles. The minimum absolute atomic E-state index is 0.0672. The summed E-state index contributed by atoms with van der Waals surface area (Å²) in [5.41, 5.74) is 1.59. The third-order valence-electron chi connectivity index (χ3n) is 2.65. The van der Waals surface area contributed by atoms with Gasteiger partial charge in [-0.15, -0.1) is 11.3 Å². The zero-order valence-electron chi connectivity index (χ0n) is 10.5. The number of aryl methyl sites for hydroxylation is 1. The molecular formula is C14H14O3S. The van der Waals surface area contributed by atoms with Crippen molar-refractivity contribution in [3.63, 3.8) is 0 Å². The minimum atomic E-state index is -0.0672. The van der Waals surface area contributed by atoms with Gasteiger partial charge >= 0.3 is 0 Å². The summed E-state index contributed by atoms with van der Waals surface area (Å²) < 4.78 is 10.4. The molecule has 0 N–H and O–H groups in total. The number of carbonyl (C=O) groups is 1. The van der Waals surface area contributed by atoms with E-state index in [9.17, 15) is 4.79 Å². The molecule has 0 bridgehead atoms. The van der Waals surface area contributed by atoms with Gasteiger partial charge in [-0.2, -0.15) is 0 Å². The van der Waals surface area contributed by atoms with E-state index in [1.807, 2.05) is 30.5 Å². The number of benzene rings is 1. The Kier molecular flexibility index (Phi) is 3.67. The first-order valence-corrected chi connectivity index (χ1v) is 6.36. The SMILES string of the molecule is COc1ccc(C)cc1C(=O)c1sccc1OC. The number of methoxy groups -OCH3 is 2. The molecule has 0 radical (unpaired) electrons. The molecule has 2 rings (SSSR count). The molecule has 0 amide bonds. The average Bonchev–Trinajstić information content (AvgIpc) is 2.86. The van der Waals surface area contributed by atoms with Gasteiger partial charge in [-0.25, -0.2) is 0 Å². The molecular weight excluding hydrogens is 248 g/mol.